The Labute approximate surface area is 122 Å². The maximum absolute atomic E-state index is 12.7. The molecule has 20 heavy (non-hydrogen) atoms. The highest BCUT2D eigenvalue weighted by Crippen LogP contribution is 2.16. The molecule has 108 valence electrons. The quantitative estimate of drug-likeness (QED) is 0.850. The van der Waals surface area contributed by atoms with Crippen molar-refractivity contribution in [2.45, 2.75) is 12.4 Å². The van der Waals surface area contributed by atoms with Crippen molar-refractivity contribution in [1.82, 2.24) is 4.98 Å². The van der Waals surface area contributed by atoms with Crippen LogP contribution in [0.4, 0.5) is 4.39 Å². The zero-order valence-electron chi connectivity index (χ0n) is 10.6. The summed E-state index contributed by atoms with van der Waals surface area (Å²) in [5.74, 6) is 0.874. The zero-order valence-corrected chi connectivity index (χ0v) is 12.3. The molecule has 1 atom stereocenters. The van der Waals surface area contributed by atoms with Crippen molar-refractivity contribution < 1.29 is 18.4 Å². The fraction of sp³-hybridized carbons (Fsp3) is 0.308. The van der Waals surface area contributed by atoms with Gasteiger partial charge in [-0.3, -0.25) is 4.21 Å². The first-order valence-electron chi connectivity index (χ1n) is 5.95. The van der Waals surface area contributed by atoms with Crippen molar-refractivity contribution in [3.8, 4) is 5.75 Å². The van der Waals surface area contributed by atoms with Gasteiger partial charge in [0.2, 0.25) is 0 Å². The van der Waals surface area contributed by atoms with E-state index in [2.05, 4.69) is 4.98 Å². The van der Waals surface area contributed by atoms with Crippen LogP contribution in [-0.4, -0.2) is 26.7 Å². The average Bonchev–Trinajstić information content (AvgIpc) is 2.86. The molecule has 4 nitrogen and oxygen atoms in total. The Balaban J connectivity index is 1.86. The SMILES string of the molecule is O=S(CCO)Cc1csc(COc2ccc(F)cc2)n1. The third kappa shape index (κ3) is 4.66. The van der Waals surface area contributed by atoms with Crippen LogP contribution < -0.4 is 4.74 Å². The van der Waals surface area contributed by atoms with E-state index in [0.29, 0.717) is 18.1 Å². The Bertz CT molecular complexity index is 571. The maximum Gasteiger partial charge on any atom is 0.140 e. The number of aromatic nitrogens is 1. The summed E-state index contributed by atoms with van der Waals surface area (Å²) in [5.41, 5.74) is 0.736. The van der Waals surface area contributed by atoms with Gasteiger partial charge in [0.1, 0.15) is 23.2 Å². The van der Waals surface area contributed by atoms with Crippen LogP contribution in [-0.2, 0) is 23.2 Å². The Hall–Kier alpha value is -1.31. The van der Waals surface area contributed by atoms with E-state index < -0.39 is 10.8 Å². The van der Waals surface area contributed by atoms with E-state index in [1.807, 2.05) is 5.38 Å². The Morgan fingerprint density at radius 2 is 2.10 bits per heavy atom. The predicted molar refractivity (Wildman–Crippen MR) is 76.6 cm³/mol. The fourth-order valence-corrected chi connectivity index (χ4v) is 3.13. The van der Waals surface area contributed by atoms with Crippen LogP contribution in [0, 0.1) is 5.82 Å². The molecular formula is C13H14FNO3S2. The fourth-order valence-electron chi connectivity index (χ4n) is 1.50. The number of benzene rings is 1. The number of halogens is 1. The molecule has 1 aromatic carbocycles. The van der Waals surface area contributed by atoms with Gasteiger partial charge in [0.15, 0.2) is 0 Å². The normalized spacial score (nSPS) is 12.3. The lowest BCUT2D eigenvalue weighted by molar-refractivity contribution is 0.305. The summed E-state index contributed by atoms with van der Waals surface area (Å²) in [5, 5.41) is 11.3. The largest absolute Gasteiger partial charge is 0.486 e. The second-order valence-corrected chi connectivity index (χ2v) is 6.51. The molecule has 0 saturated carbocycles. The van der Waals surface area contributed by atoms with E-state index in [1.54, 1.807) is 12.1 Å². The minimum atomic E-state index is -1.09. The molecule has 0 amide bonds. The standard InChI is InChI=1S/C13H14FNO3S2/c14-10-1-3-12(4-2-10)18-7-13-15-11(8-19-13)9-20(17)6-5-16/h1-4,8,16H,5-7,9H2. The molecule has 0 fully saturated rings. The molecule has 2 aromatic rings. The van der Waals surface area contributed by atoms with E-state index in [4.69, 9.17) is 9.84 Å². The first-order chi connectivity index (χ1) is 9.67. The van der Waals surface area contributed by atoms with Crippen LogP contribution in [0.5, 0.6) is 5.75 Å². The summed E-state index contributed by atoms with van der Waals surface area (Å²) in [6.07, 6.45) is 0. The molecule has 1 aromatic heterocycles. The molecule has 0 aliphatic heterocycles. The molecule has 0 saturated heterocycles. The molecule has 1 unspecified atom stereocenters. The highest BCUT2D eigenvalue weighted by atomic mass is 32.2. The molecule has 2 rings (SSSR count). The molecule has 0 aliphatic rings. The summed E-state index contributed by atoms with van der Waals surface area (Å²) < 4.78 is 29.7. The lowest BCUT2D eigenvalue weighted by Crippen LogP contribution is -2.05. The van der Waals surface area contributed by atoms with Gasteiger partial charge in [-0.1, -0.05) is 0 Å². The van der Waals surface area contributed by atoms with E-state index in [9.17, 15) is 8.60 Å². The third-order valence-electron chi connectivity index (χ3n) is 2.40. The van der Waals surface area contributed by atoms with E-state index >= 15 is 0 Å². The summed E-state index contributed by atoms with van der Waals surface area (Å²) in [6.45, 7) is 0.209. The zero-order chi connectivity index (χ0) is 14.4. The summed E-state index contributed by atoms with van der Waals surface area (Å²) in [6, 6.07) is 5.78. The van der Waals surface area contributed by atoms with Crippen LogP contribution in [0.25, 0.3) is 0 Å². The van der Waals surface area contributed by atoms with Crippen molar-refractivity contribution >= 4 is 22.1 Å². The van der Waals surface area contributed by atoms with Gasteiger partial charge in [-0.25, -0.2) is 9.37 Å². The van der Waals surface area contributed by atoms with E-state index in [-0.39, 0.29) is 18.2 Å². The first kappa shape index (κ1) is 15.1. The van der Waals surface area contributed by atoms with Crippen LogP contribution in [0.3, 0.4) is 0 Å². The van der Waals surface area contributed by atoms with Crippen LogP contribution in [0.1, 0.15) is 10.7 Å². The van der Waals surface area contributed by atoms with Gasteiger partial charge < -0.3 is 9.84 Å². The summed E-state index contributed by atoms with van der Waals surface area (Å²) >= 11 is 1.42. The number of thiazole rings is 1. The number of aliphatic hydroxyl groups excluding tert-OH is 1. The molecule has 0 aliphatic carbocycles. The Kier molecular flexibility index (Phi) is 5.63. The van der Waals surface area contributed by atoms with Crippen molar-refractivity contribution in [1.29, 1.82) is 0 Å². The highest BCUT2D eigenvalue weighted by Gasteiger charge is 2.07. The minimum Gasteiger partial charge on any atom is -0.486 e. The molecule has 0 spiro atoms. The maximum atomic E-state index is 12.7. The van der Waals surface area contributed by atoms with Gasteiger partial charge in [0.25, 0.3) is 0 Å². The number of ether oxygens (including phenoxy) is 1. The van der Waals surface area contributed by atoms with Gasteiger partial charge in [-0.05, 0) is 24.3 Å². The second kappa shape index (κ2) is 7.47. The van der Waals surface area contributed by atoms with Crippen molar-refractivity contribution in [3.05, 3.63) is 46.2 Å². The van der Waals surface area contributed by atoms with Crippen molar-refractivity contribution in [2.75, 3.05) is 12.4 Å². The van der Waals surface area contributed by atoms with Crippen LogP contribution >= 0.6 is 11.3 Å². The van der Waals surface area contributed by atoms with Crippen LogP contribution in [0.15, 0.2) is 29.6 Å². The Morgan fingerprint density at radius 1 is 1.35 bits per heavy atom. The van der Waals surface area contributed by atoms with Gasteiger partial charge in [-0.2, -0.15) is 0 Å². The summed E-state index contributed by atoms with van der Waals surface area (Å²) in [7, 11) is -1.09. The number of rotatable bonds is 7. The lowest BCUT2D eigenvalue weighted by Gasteiger charge is -2.03. The van der Waals surface area contributed by atoms with Crippen molar-refractivity contribution in [2.24, 2.45) is 0 Å². The van der Waals surface area contributed by atoms with E-state index in [0.717, 1.165) is 10.7 Å². The molecular weight excluding hydrogens is 301 g/mol. The first-order valence-corrected chi connectivity index (χ1v) is 8.31. The van der Waals surface area contributed by atoms with Gasteiger partial charge >= 0.3 is 0 Å². The highest BCUT2D eigenvalue weighted by molar-refractivity contribution is 7.84. The van der Waals surface area contributed by atoms with Crippen LogP contribution in [0.2, 0.25) is 0 Å². The number of hydrogen-bond acceptors (Lipinski definition) is 5. The molecule has 0 bridgehead atoms. The van der Waals surface area contributed by atoms with Gasteiger partial charge in [0.05, 0.1) is 18.1 Å². The average molecular weight is 315 g/mol. The predicted octanol–water partition coefficient (Wildman–Crippen LogP) is 2.10. The molecule has 1 heterocycles. The van der Waals surface area contributed by atoms with Gasteiger partial charge in [0, 0.05) is 21.9 Å². The number of aliphatic hydroxyl groups is 1. The summed E-state index contributed by atoms with van der Waals surface area (Å²) in [4.78, 5) is 4.31. The third-order valence-corrected chi connectivity index (χ3v) is 4.53. The topological polar surface area (TPSA) is 59.4 Å². The Morgan fingerprint density at radius 3 is 2.80 bits per heavy atom. The van der Waals surface area contributed by atoms with Crippen molar-refractivity contribution in [3.63, 3.8) is 0 Å². The van der Waals surface area contributed by atoms with E-state index in [1.165, 1.54) is 23.5 Å². The monoisotopic (exact) mass is 315 g/mol. The number of hydrogen-bond donors (Lipinski definition) is 1. The molecule has 7 heteroatoms. The lowest BCUT2D eigenvalue weighted by atomic mass is 10.3. The minimum absolute atomic E-state index is 0.0860. The number of nitrogens with zero attached hydrogens (tertiary/aromatic N) is 1. The van der Waals surface area contributed by atoms with Gasteiger partial charge in [-0.15, -0.1) is 11.3 Å². The smallest absolute Gasteiger partial charge is 0.140 e. The second-order valence-electron chi connectivity index (χ2n) is 3.99. The molecule has 0 radical (unpaired) electrons. The molecule has 1 N–H and O–H groups in total.